The Morgan fingerprint density at radius 1 is 1.42 bits per heavy atom. The van der Waals surface area contributed by atoms with E-state index in [2.05, 4.69) is 10.4 Å². The lowest BCUT2D eigenvalue weighted by Gasteiger charge is -2.02. The van der Waals surface area contributed by atoms with E-state index in [1.54, 1.807) is 0 Å². The highest BCUT2D eigenvalue weighted by molar-refractivity contribution is 6.04. The lowest BCUT2D eigenvalue weighted by atomic mass is 10.2. The summed E-state index contributed by atoms with van der Waals surface area (Å²) in [6.45, 7) is -0.296. The molecule has 98 valence electrons. The van der Waals surface area contributed by atoms with E-state index in [-0.39, 0.29) is 12.1 Å². The van der Waals surface area contributed by atoms with Crippen LogP contribution < -0.4 is 5.32 Å². The molecule has 1 aromatic heterocycles. The summed E-state index contributed by atoms with van der Waals surface area (Å²) in [4.78, 5) is 22.2. The number of carboxylic acid groups (broad SMARTS) is 1. The van der Waals surface area contributed by atoms with Crippen molar-refractivity contribution in [2.24, 2.45) is 0 Å². The maximum absolute atomic E-state index is 13.0. The summed E-state index contributed by atoms with van der Waals surface area (Å²) in [6.07, 6.45) is 2.70. The summed E-state index contributed by atoms with van der Waals surface area (Å²) in [5.41, 5.74) is 0.515. The smallest absolute Gasteiger partial charge is 0.325 e. The number of carbonyl (C=O) groups is 2. The van der Waals surface area contributed by atoms with Gasteiger partial charge >= 0.3 is 5.97 Å². The fourth-order valence-corrected chi connectivity index (χ4v) is 1.49. The normalized spacial score (nSPS) is 10.2. The van der Waals surface area contributed by atoms with Crippen molar-refractivity contribution >= 4 is 17.6 Å². The van der Waals surface area contributed by atoms with Crippen LogP contribution in [0.1, 0.15) is 10.4 Å². The quantitative estimate of drug-likeness (QED) is 0.872. The van der Waals surface area contributed by atoms with Crippen LogP contribution >= 0.6 is 0 Å². The molecule has 0 spiro atoms. The molecule has 0 aliphatic rings. The summed E-state index contributed by atoms with van der Waals surface area (Å²) in [5.74, 6) is -2.03. The van der Waals surface area contributed by atoms with Crippen LogP contribution in [0.4, 0.5) is 10.1 Å². The number of amides is 1. The molecule has 19 heavy (non-hydrogen) atoms. The Morgan fingerprint density at radius 2 is 2.21 bits per heavy atom. The van der Waals surface area contributed by atoms with E-state index >= 15 is 0 Å². The Balaban J connectivity index is 2.06. The number of nitrogens with one attached hydrogen (secondary N) is 1. The highest BCUT2D eigenvalue weighted by atomic mass is 19.1. The van der Waals surface area contributed by atoms with Gasteiger partial charge in [-0.25, -0.2) is 4.39 Å². The van der Waals surface area contributed by atoms with Gasteiger partial charge in [-0.2, -0.15) is 5.10 Å². The van der Waals surface area contributed by atoms with Gasteiger partial charge < -0.3 is 10.4 Å². The number of aliphatic carboxylic acids is 1. The first-order chi connectivity index (χ1) is 9.04. The zero-order chi connectivity index (χ0) is 13.8. The fourth-order valence-electron chi connectivity index (χ4n) is 1.49. The Hall–Kier alpha value is -2.70. The van der Waals surface area contributed by atoms with Crippen molar-refractivity contribution in [1.29, 1.82) is 0 Å². The number of hydrogen-bond acceptors (Lipinski definition) is 3. The second kappa shape index (κ2) is 5.30. The van der Waals surface area contributed by atoms with Gasteiger partial charge in [0.25, 0.3) is 5.91 Å². The molecule has 0 unspecified atom stereocenters. The van der Waals surface area contributed by atoms with Gasteiger partial charge in [0.15, 0.2) is 0 Å². The van der Waals surface area contributed by atoms with E-state index in [1.165, 1.54) is 35.3 Å². The van der Waals surface area contributed by atoms with Crippen LogP contribution in [0.2, 0.25) is 0 Å². The SMILES string of the molecule is O=C(O)Cn1cc(NC(=O)c2cccc(F)c2)cn1. The van der Waals surface area contributed by atoms with E-state index in [1.807, 2.05) is 0 Å². The first-order valence-corrected chi connectivity index (χ1v) is 5.36. The summed E-state index contributed by atoms with van der Waals surface area (Å²) in [7, 11) is 0. The van der Waals surface area contributed by atoms with Crippen molar-refractivity contribution in [2.45, 2.75) is 6.54 Å². The van der Waals surface area contributed by atoms with Crippen molar-refractivity contribution < 1.29 is 19.1 Å². The number of rotatable bonds is 4. The number of anilines is 1. The van der Waals surface area contributed by atoms with Crippen molar-refractivity contribution in [3.05, 3.63) is 48.0 Å². The molecule has 0 aliphatic heterocycles. The van der Waals surface area contributed by atoms with E-state index in [4.69, 9.17) is 5.11 Å². The molecule has 2 N–H and O–H groups in total. The fraction of sp³-hybridized carbons (Fsp3) is 0.0833. The molecular formula is C12H10FN3O3. The molecule has 1 amide bonds. The third-order valence-corrected chi connectivity index (χ3v) is 2.28. The highest BCUT2D eigenvalue weighted by Crippen LogP contribution is 2.09. The molecule has 0 saturated carbocycles. The van der Waals surface area contributed by atoms with Gasteiger partial charge in [0.05, 0.1) is 11.9 Å². The standard InChI is InChI=1S/C12H10FN3O3/c13-9-3-1-2-8(4-9)12(19)15-10-5-14-16(6-10)7-11(17)18/h1-6H,7H2,(H,15,19)(H,17,18). The van der Waals surface area contributed by atoms with Crippen LogP contribution in [0, 0.1) is 5.82 Å². The Morgan fingerprint density at radius 3 is 2.89 bits per heavy atom. The van der Waals surface area contributed by atoms with Gasteiger partial charge in [0, 0.05) is 11.8 Å². The highest BCUT2D eigenvalue weighted by Gasteiger charge is 2.09. The predicted octanol–water partition coefficient (Wildman–Crippen LogP) is 1.36. The monoisotopic (exact) mass is 263 g/mol. The molecule has 0 aliphatic carbocycles. The number of nitrogens with zero attached hydrogens (tertiary/aromatic N) is 2. The van der Waals surface area contributed by atoms with Crippen LogP contribution in [0.15, 0.2) is 36.7 Å². The maximum Gasteiger partial charge on any atom is 0.325 e. The van der Waals surface area contributed by atoms with Crippen LogP contribution in [-0.4, -0.2) is 26.8 Å². The zero-order valence-electron chi connectivity index (χ0n) is 9.71. The number of carboxylic acids is 1. The summed E-state index contributed by atoms with van der Waals surface area (Å²) in [5, 5.41) is 14.8. The summed E-state index contributed by atoms with van der Waals surface area (Å²) < 4.78 is 14.1. The third kappa shape index (κ3) is 3.38. The van der Waals surface area contributed by atoms with E-state index < -0.39 is 17.7 Å². The second-order valence-electron chi connectivity index (χ2n) is 3.78. The van der Waals surface area contributed by atoms with E-state index in [0.29, 0.717) is 5.69 Å². The molecule has 0 bridgehead atoms. The van der Waals surface area contributed by atoms with Gasteiger partial charge in [0.1, 0.15) is 12.4 Å². The van der Waals surface area contributed by atoms with Crippen molar-refractivity contribution in [2.75, 3.05) is 5.32 Å². The van der Waals surface area contributed by atoms with Crippen molar-refractivity contribution in [1.82, 2.24) is 9.78 Å². The molecule has 6 nitrogen and oxygen atoms in total. The minimum Gasteiger partial charge on any atom is -0.480 e. The molecule has 1 heterocycles. The van der Waals surface area contributed by atoms with Crippen LogP contribution in [0.3, 0.4) is 0 Å². The molecule has 0 atom stereocenters. The zero-order valence-corrected chi connectivity index (χ0v) is 9.71. The molecule has 0 fully saturated rings. The molecular weight excluding hydrogens is 253 g/mol. The van der Waals surface area contributed by atoms with Gasteiger partial charge in [-0.3, -0.25) is 14.3 Å². The summed E-state index contributed by atoms with van der Waals surface area (Å²) >= 11 is 0. The number of hydrogen-bond donors (Lipinski definition) is 2. The summed E-state index contributed by atoms with van der Waals surface area (Å²) in [6, 6.07) is 5.25. The average Bonchev–Trinajstić information content (AvgIpc) is 2.75. The number of aromatic nitrogens is 2. The minimum atomic E-state index is -1.04. The van der Waals surface area contributed by atoms with E-state index in [9.17, 15) is 14.0 Å². The number of halogens is 1. The first-order valence-electron chi connectivity index (χ1n) is 5.36. The van der Waals surface area contributed by atoms with Crippen LogP contribution in [0.5, 0.6) is 0 Å². The number of carbonyl (C=O) groups excluding carboxylic acids is 1. The first kappa shape index (κ1) is 12.7. The minimum absolute atomic E-state index is 0.172. The molecule has 2 aromatic rings. The van der Waals surface area contributed by atoms with Crippen LogP contribution in [0.25, 0.3) is 0 Å². The molecule has 0 saturated heterocycles. The average molecular weight is 263 g/mol. The largest absolute Gasteiger partial charge is 0.480 e. The second-order valence-corrected chi connectivity index (χ2v) is 3.78. The molecule has 7 heteroatoms. The molecule has 2 rings (SSSR count). The van der Waals surface area contributed by atoms with Crippen molar-refractivity contribution in [3.63, 3.8) is 0 Å². The lowest BCUT2D eigenvalue weighted by Crippen LogP contribution is -2.12. The van der Waals surface area contributed by atoms with Gasteiger partial charge in [-0.05, 0) is 18.2 Å². The predicted molar refractivity (Wildman–Crippen MR) is 64.2 cm³/mol. The topological polar surface area (TPSA) is 84.2 Å². The van der Waals surface area contributed by atoms with Crippen LogP contribution in [-0.2, 0) is 11.3 Å². The maximum atomic E-state index is 13.0. The van der Waals surface area contributed by atoms with Gasteiger partial charge in [0.2, 0.25) is 0 Å². The lowest BCUT2D eigenvalue weighted by molar-refractivity contribution is -0.137. The Bertz CT molecular complexity index is 624. The number of benzene rings is 1. The Kier molecular flexibility index (Phi) is 3.56. The van der Waals surface area contributed by atoms with E-state index in [0.717, 1.165) is 6.07 Å². The van der Waals surface area contributed by atoms with Gasteiger partial charge in [-0.1, -0.05) is 6.07 Å². The third-order valence-electron chi connectivity index (χ3n) is 2.28. The van der Waals surface area contributed by atoms with Gasteiger partial charge in [-0.15, -0.1) is 0 Å². The Labute approximate surface area is 107 Å². The molecule has 0 radical (unpaired) electrons. The van der Waals surface area contributed by atoms with Crippen molar-refractivity contribution in [3.8, 4) is 0 Å². The molecule has 1 aromatic carbocycles.